The van der Waals surface area contributed by atoms with Gasteiger partial charge in [-0.2, -0.15) is 0 Å². The van der Waals surface area contributed by atoms with Crippen molar-refractivity contribution in [2.45, 2.75) is 42.6 Å². The average Bonchev–Trinajstić information content (AvgIpc) is 2.27. The van der Waals surface area contributed by atoms with Crippen molar-refractivity contribution in [1.82, 2.24) is 0 Å². The van der Waals surface area contributed by atoms with Gasteiger partial charge in [0, 0.05) is 6.61 Å². The van der Waals surface area contributed by atoms with Crippen LogP contribution in [0, 0.1) is 0 Å². The molecule has 1 aromatic carbocycles. The summed E-state index contributed by atoms with van der Waals surface area (Å²) in [6, 6.07) is 6.41. The van der Waals surface area contributed by atoms with Gasteiger partial charge >= 0.3 is 0 Å². The number of aryl methyl sites for hydroxylation is 1. The Morgan fingerprint density at radius 1 is 1.47 bits per heavy atom. The molecule has 0 saturated carbocycles. The van der Waals surface area contributed by atoms with E-state index < -0.39 is 0 Å². The van der Waals surface area contributed by atoms with Crippen LogP contribution in [0.25, 0.3) is 0 Å². The maximum absolute atomic E-state index is 8.85. The van der Waals surface area contributed by atoms with E-state index in [1.807, 2.05) is 0 Å². The molecule has 0 radical (unpaired) electrons. The van der Waals surface area contributed by atoms with Crippen molar-refractivity contribution >= 4 is 22.6 Å². The number of aliphatic hydroxyl groups is 1. The second-order valence-corrected chi connectivity index (χ2v) is 6.65. The zero-order valence-electron chi connectivity index (χ0n) is 10.4. The minimum Gasteiger partial charge on any atom is -0.486 e. The van der Waals surface area contributed by atoms with Crippen LogP contribution in [0.2, 0.25) is 0 Å². The molecule has 0 amide bonds. The number of fused-ring (bicyclic) bond motifs is 1. The summed E-state index contributed by atoms with van der Waals surface area (Å²) in [6.07, 6.45) is 2.84. The van der Waals surface area contributed by atoms with E-state index in [1.165, 1.54) is 11.1 Å². The molecule has 3 heteroatoms. The summed E-state index contributed by atoms with van der Waals surface area (Å²) in [6.45, 7) is 4.55. The highest BCUT2D eigenvalue weighted by Gasteiger charge is 2.34. The van der Waals surface area contributed by atoms with E-state index in [1.54, 1.807) is 0 Å². The van der Waals surface area contributed by atoms with E-state index in [-0.39, 0.29) is 12.2 Å². The summed E-state index contributed by atoms with van der Waals surface area (Å²) >= 11 is 2.47. The molecule has 94 valence electrons. The van der Waals surface area contributed by atoms with Crippen LogP contribution in [-0.4, -0.2) is 21.2 Å². The summed E-state index contributed by atoms with van der Waals surface area (Å²) in [7, 11) is 0. The lowest BCUT2D eigenvalue weighted by Crippen LogP contribution is -2.42. The van der Waals surface area contributed by atoms with Gasteiger partial charge in [0.05, 0.1) is 3.92 Å². The molecule has 0 aromatic heterocycles. The summed E-state index contributed by atoms with van der Waals surface area (Å²) in [5, 5.41) is 8.85. The van der Waals surface area contributed by atoms with Crippen LogP contribution >= 0.6 is 22.6 Å². The average molecular weight is 346 g/mol. The van der Waals surface area contributed by atoms with Crippen molar-refractivity contribution in [2.24, 2.45) is 0 Å². The second kappa shape index (κ2) is 5.14. The first kappa shape index (κ1) is 13.1. The predicted molar refractivity (Wildman–Crippen MR) is 78.1 cm³/mol. The largest absolute Gasteiger partial charge is 0.486 e. The third-order valence-corrected chi connectivity index (χ3v) is 5.22. The lowest BCUT2D eigenvalue weighted by molar-refractivity contribution is 0.0964. The summed E-state index contributed by atoms with van der Waals surface area (Å²) in [5.41, 5.74) is 2.52. The second-order valence-electron chi connectivity index (χ2n) is 5.15. The fraction of sp³-hybridized carbons (Fsp3) is 0.571. The maximum atomic E-state index is 8.85. The van der Waals surface area contributed by atoms with Gasteiger partial charge in [0.1, 0.15) is 11.4 Å². The van der Waals surface area contributed by atoms with Crippen LogP contribution in [-0.2, 0) is 12.8 Å². The molecule has 1 atom stereocenters. The number of hydrogen-bond acceptors (Lipinski definition) is 2. The van der Waals surface area contributed by atoms with Crippen molar-refractivity contribution in [3.8, 4) is 5.75 Å². The van der Waals surface area contributed by atoms with Crippen molar-refractivity contribution in [3.05, 3.63) is 29.3 Å². The van der Waals surface area contributed by atoms with E-state index >= 15 is 0 Å². The summed E-state index contributed by atoms with van der Waals surface area (Å²) in [4.78, 5) is 0. The molecule has 1 aliphatic rings. The first-order valence-corrected chi connectivity index (χ1v) is 7.33. The van der Waals surface area contributed by atoms with Crippen molar-refractivity contribution < 1.29 is 9.84 Å². The molecule has 2 nitrogen and oxygen atoms in total. The van der Waals surface area contributed by atoms with E-state index in [9.17, 15) is 0 Å². The molecule has 0 saturated heterocycles. The molecule has 1 aromatic rings. The zero-order valence-corrected chi connectivity index (χ0v) is 12.5. The van der Waals surface area contributed by atoms with Crippen LogP contribution in [0.15, 0.2) is 18.2 Å². The number of ether oxygens (including phenoxy) is 1. The van der Waals surface area contributed by atoms with Gasteiger partial charge < -0.3 is 9.84 Å². The van der Waals surface area contributed by atoms with Crippen LogP contribution in [0.5, 0.6) is 5.75 Å². The molecule has 0 bridgehead atoms. The van der Waals surface area contributed by atoms with Gasteiger partial charge in [-0.25, -0.2) is 0 Å². The number of hydrogen-bond donors (Lipinski definition) is 1. The third kappa shape index (κ3) is 2.94. The molecule has 2 rings (SSSR count). The molecule has 1 heterocycles. The molecule has 17 heavy (non-hydrogen) atoms. The Labute approximate surface area is 117 Å². The lowest BCUT2D eigenvalue weighted by Gasteiger charge is -2.37. The van der Waals surface area contributed by atoms with Gasteiger partial charge in [-0.05, 0) is 50.3 Å². The van der Waals surface area contributed by atoms with Gasteiger partial charge in [-0.1, -0.05) is 34.7 Å². The van der Waals surface area contributed by atoms with Crippen molar-refractivity contribution in [1.29, 1.82) is 0 Å². The van der Waals surface area contributed by atoms with Gasteiger partial charge in [-0.15, -0.1) is 0 Å². The minimum atomic E-state index is -0.0832. The highest BCUT2D eigenvalue weighted by atomic mass is 127. The molecule has 0 fully saturated rings. The van der Waals surface area contributed by atoms with Crippen LogP contribution in [0.1, 0.15) is 31.4 Å². The highest BCUT2D eigenvalue weighted by Crippen LogP contribution is 2.37. The molecule has 1 unspecified atom stereocenters. The topological polar surface area (TPSA) is 29.5 Å². The first-order chi connectivity index (χ1) is 8.03. The van der Waals surface area contributed by atoms with Crippen LogP contribution in [0.3, 0.4) is 0 Å². The quantitative estimate of drug-likeness (QED) is 0.673. The molecular formula is C14H19IO2. The fourth-order valence-corrected chi connectivity index (χ4v) is 2.72. The third-order valence-electron chi connectivity index (χ3n) is 3.27. The SMILES string of the molecule is CC1(C)Oc2ccc(CCCO)cc2CC1I. The lowest BCUT2D eigenvalue weighted by atomic mass is 9.92. The molecule has 0 spiro atoms. The van der Waals surface area contributed by atoms with E-state index in [0.29, 0.717) is 3.92 Å². The normalized spacial score (nSPS) is 21.8. The monoisotopic (exact) mass is 346 g/mol. The number of benzene rings is 1. The number of alkyl halides is 1. The molecule has 1 aliphatic heterocycles. The maximum Gasteiger partial charge on any atom is 0.123 e. The van der Waals surface area contributed by atoms with Crippen LogP contribution < -0.4 is 4.74 Å². The Kier molecular flexibility index (Phi) is 3.98. The number of halogens is 1. The van der Waals surface area contributed by atoms with Gasteiger partial charge in [0.2, 0.25) is 0 Å². The zero-order chi connectivity index (χ0) is 12.5. The Morgan fingerprint density at radius 3 is 2.94 bits per heavy atom. The first-order valence-electron chi connectivity index (χ1n) is 6.08. The molecule has 0 aliphatic carbocycles. The van der Waals surface area contributed by atoms with Gasteiger partial charge in [-0.3, -0.25) is 0 Å². The Hall–Kier alpha value is -0.290. The standard InChI is InChI=1S/C14H19IO2/c1-14(2)13(15)9-11-8-10(4-3-7-16)5-6-12(11)17-14/h5-6,8,13,16H,3-4,7,9H2,1-2H3. The smallest absolute Gasteiger partial charge is 0.123 e. The molecule has 1 N–H and O–H groups in total. The van der Waals surface area contributed by atoms with Gasteiger partial charge in [0.25, 0.3) is 0 Å². The Bertz CT molecular complexity index is 401. The predicted octanol–water partition coefficient (Wildman–Crippen LogP) is 3.13. The number of rotatable bonds is 3. The van der Waals surface area contributed by atoms with Crippen LogP contribution in [0.4, 0.5) is 0 Å². The Balaban J connectivity index is 2.20. The van der Waals surface area contributed by atoms with E-state index in [2.05, 4.69) is 54.6 Å². The van der Waals surface area contributed by atoms with Crippen molar-refractivity contribution in [3.63, 3.8) is 0 Å². The minimum absolute atomic E-state index is 0.0832. The van der Waals surface area contributed by atoms with Gasteiger partial charge in [0.15, 0.2) is 0 Å². The Morgan fingerprint density at radius 2 is 2.24 bits per heavy atom. The summed E-state index contributed by atoms with van der Waals surface area (Å²) in [5.74, 6) is 1.02. The highest BCUT2D eigenvalue weighted by molar-refractivity contribution is 14.1. The fourth-order valence-electron chi connectivity index (χ4n) is 2.12. The van der Waals surface area contributed by atoms with E-state index in [0.717, 1.165) is 25.0 Å². The number of aliphatic hydroxyl groups excluding tert-OH is 1. The molecular weight excluding hydrogens is 327 g/mol. The van der Waals surface area contributed by atoms with E-state index in [4.69, 9.17) is 9.84 Å². The summed E-state index contributed by atoms with van der Waals surface area (Å²) < 4.78 is 6.53. The van der Waals surface area contributed by atoms with Crippen molar-refractivity contribution in [2.75, 3.05) is 6.61 Å².